The summed E-state index contributed by atoms with van der Waals surface area (Å²) in [6.45, 7) is 16.3. The molecule has 0 atom stereocenters. The van der Waals surface area contributed by atoms with E-state index in [2.05, 4.69) is 197 Å². The van der Waals surface area contributed by atoms with Gasteiger partial charge in [-0.15, -0.1) is 65.2 Å². The monoisotopic (exact) mass is 936 g/mol. The van der Waals surface area contributed by atoms with Gasteiger partial charge in [0.15, 0.2) is 0 Å². The first-order valence-electron chi connectivity index (χ1n) is 19.8. The van der Waals surface area contributed by atoms with Crippen LogP contribution in [0.1, 0.15) is 44.4 Å². The fraction of sp³-hybridized carbons (Fsp3) is 0.192. The van der Waals surface area contributed by atoms with E-state index in [9.17, 15) is 0 Å². The Morgan fingerprint density at radius 3 is 2.09 bits per heavy atom. The first kappa shape index (κ1) is 40.0. The van der Waals surface area contributed by atoms with Crippen LogP contribution in [0.5, 0.6) is 0 Å². The Balaban J connectivity index is 0.000000202. The number of rotatable bonds is 7. The van der Waals surface area contributed by atoms with Crippen LogP contribution in [0.15, 0.2) is 152 Å². The molecule has 0 bridgehead atoms. The van der Waals surface area contributed by atoms with E-state index in [-0.39, 0.29) is 25.5 Å². The molecule has 0 spiro atoms. The van der Waals surface area contributed by atoms with Crippen molar-refractivity contribution < 1.29 is 20.1 Å². The average Bonchev–Trinajstić information content (AvgIpc) is 3.71. The zero-order valence-electron chi connectivity index (χ0n) is 33.9. The molecule has 0 fully saturated rings. The van der Waals surface area contributed by atoms with E-state index in [0.717, 1.165) is 45.8 Å². The van der Waals surface area contributed by atoms with E-state index in [0.29, 0.717) is 5.92 Å². The van der Waals surface area contributed by atoms with E-state index in [1.807, 2.05) is 24.3 Å². The molecule has 3 nitrogen and oxygen atoms in total. The molecule has 0 unspecified atom stereocenters. The van der Waals surface area contributed by atoms with Crippen LogP contribution in [0.25, 0.3) is 61.6 Å². The average molecular weight is 936 g/mol. The first-order valence-corrected chi connectivity index (χ1v) is 23.3. The SMILES string of the molecule is CC(C)Cc1cc(-c2[c-]cccc2)ncc1[Si](C)(C)C.CC1(C)c2c[c-]c(-c3nc4ccccc4n3-c3ccc(-c4ccccc4)cc3)cc2-c2ccccc21.[Ir]. The van der Waals surface area contributed by atoms with Gasteiger partial charge in [0.2, 0.25) is 0 Å². The third kappa shape index (κ3) is 8.02. The number of hydrogen-bond acceptors (Lipinski definition) is 2. The number of fused-ring (bicyclic) bond motifs is 4. The molecular weight excluding hydrogens is 887 g/mol. The van der Waals surface area contributed by atoms with Crippen LogP contribution in [-0.2, 0) is 31.9 Å². The van der Waals surface area contributed by atoms with Gasteiger partial charge in [-0.25, -0.2) is 0 Å². The number of pyridine rings is 1. The summed E-state index contributed by atoms with van der Waals surface area (Å²) in [5, 5.41) is 1.49. The summed E-state index contributed by atoms with van der Waals surface area (Å²) in [6.07, 6.45) is 3.24. The topological polar surface area (TPSA) is 30.7 Å². The number of imidazole rings is 1. The van der Waals surface area contributed by atoms with Crippen LogP contribution in [0.3, 0.4) is 0 Å². The Morgan fingerprint density at radius 1 is 0.684 bits per heavy atom. The van der Waals surface area contributed by atoms with Crippen LogP contribution < -0.4 is 5.19 Å². The number of hydrogen-bond donors (Lipinski definition) is 0. The summed E-state index contributed by atoms with van der Waals surface area (Å²) < 4.78 is 2.26. The van der Waals surface area contributed by atoms with Crippen LogP contribution >= 0.6 is 0 Å². The second kappa shape index (κ2) is 16.3. The Kier molecular flexibility index (Phi) is 11.5. The fourth-order valence-electron chi connectivity index (χ4n) is 8.15. The van der Waals surface area contributed by atoms with Crippen molar-refractivity contribution in [1.82, 2.24) is 14.5 Å². The molecule has 57 heavy (non-hydrogen) atoms. The van der Waals surface area contributed by atoms with Gasteiger partial charge in [0.25, 0.3) is 0 Å². The predicted molar refractivity (Wildman–Crippen MR) is 238 cm³/mol. The Labute approximate surface area is 353 Å². The maximum atomic E-state index is 5.09. The quantitative estimate of drug-likeness (QED) is 0.118. The smallest absolute Gasteiger partial charge is 0.0798 e. The van der Waals surface area contributed by atoms with Crippen molar-refractivity contribution in [3.05, 3.63) is 181 Å². The molecule has 2 heterocycles. The summed E-state index contributed by atoms with van der Waals surface area (Å²) in [5.74, 6) is 1.58. The fourth-order valence-corrected chi connectivity index (χ4v) is 9.74. The van der Waals surface area contributed by atoms with Crippen molar-refractivity contribution in [2.24, 2.45) is 5.92 Å². The van der Waals surface area contributed by atoms with Gasteiger partial charge < -0.3 is 9.55 Å². The molecule has 6 aromatic carbocycles. The van der Waals surface area contributed by atoms with Gasteiger partial charge in [-0.3, -0.25) is 4.98 Å². The van der Waals surface area contributed by atoms with Crippen LogP contribution in [0.2, 0.25) is 19.6 Å². The molecule has 0 saturated heterocycles. The van der Waals surface area contributed by atoms with Crippen LogP contribution in [0, 0.1) is 18.1 Å². The van der Waals surface area contributed by atoms with Crippen molar-refractivity contribution in [2.45, 2.75) is 59.2 Å². The van der Waals surface area contributed by atoms with E-state index in [1.165, 1.54) is 44.1 Å². The van der Waals surface area contributed by atoms with Gasteiger partial charge in [-0.05, 0) is 75.2 Å². The molecule has 1 aliphatic rings. The number of aromatic nitrogens is 3. The minimum Gasteiger partial charge on any atom is -0.333 e. The second-order valence-corrected chi connectivity index (χ2v) is 21.9. The van der Waals surface area contributed by atoms with Crippen molar-refractivity contribution in [2.75, 3.05) is 0 Å². The zero-order chi connectivity index (χ0) is 39.0. The van der Waals surface area contributed by atoms with Crippen molar-refractivity contribution in [3.8, 4) is 50.6 Å². The third-order valence-corrected chi connectivity index (χ3v) is 13.0. The second-order valence-electron chi connectivity index (χ2n) is 16.9. The van der Waals surface area contributed by atoms with E-state index < -0.39 is 8.07 Å². The molecule has 0 saturated carbocycles. The summed E-state index contributed by atoms with van der Waals surface area (Å²) in [4.78, 5) is 9.78. The van der Waals surface area contributed by atoms with Crippen LogP contribution in [0.4, 0.5) is 0 Å². The largest absolute Gasteiger partial charge is 0.333 e. The minimum absolute atomic E-state index is 0. The molecule has 1 aliphatic carbocycles. The van der Waals surface area contributed by atoms with E-state index in [1.54, 1.807) is 0 Å². The predicted octanol–water partition coefficient (Wildman–Crippen LogP) is 12.8. The summed E-state index contributed by atoms with van der Waals surface area (Å²) >= 11 is 0. The molecule has 287 valence electrons. The minimum atomic E-state index is -1.34. The maximum Gasteiger partial charge on any atom is 0.0798 e. The first-order chi connectivity index (χ1) is 27.0. The van der Waals surface area contributed by atoms with E-state index >= 15 is 0 Å². The Hall–Kier alpha value is -5.19. The van der Waals surface area contributed by atoms with Crippen molar-refractivity contribution in [3.63, 3.8) is 0 Å². The van der Waals surface area contributed by atoms with Gasteiger partial charge in [0.1, 0.15) is 0 Å². The standard InChI is InChI=1S/C34H25N2.C18H24NSi.Ir/c1-34(2)29-13-7-6-12-27(29)28-22-25(18-21-30(28)34)33-35-31-14-8-9-15-32(31)36(33)26-19-16-24(17-20-26)23-10-4-3-5-11-23;1-14(2)11-16-12-17(15-9-7-6-8-10-15)19-13-18(16)20(3,4)5;/h3-17,19-22H,1-2H3;6-9,12-14H,11H2,1-5H3;/q2*-1;. The molecule has 0 amide bonds. The Bertz CT molecular complexity index is 2640. The van der Waals surface area contributed by atoms with Gasteiger partial charge in [0, 0.05) is 32.0 Å². The molecule has 8 aromatic rings. The molecule has 5 heteroatoms. The number of nitrogens with zero attached hydrogens (tertiary/aromatic N) is 3. The maximum absolute atomic E-state index is 5.09. The molecule has 0 aliphatic heterocycles. The molecular formula is C52H49IrN3Si-2. The van der Waals surface area contributed by atoms with Gasteiger partial charge in [-0.2, -0.15) is 0 Å². The van der Waals surface area contributed by atoms with Gasteiger partial charge in [-0.1, -0.05) is 143 Å². The summed E-state index contributed by atoms with van der Waals surface area (Å²) in [5.41, 5.74) is 15.4. The number of benzene rings is 6. The van der Waals surface area contributed by atoms with Gasteiger partial charge in [0.05, 0.1) is 24.9 Å². The van der Waals surface area contributed by atoms with Crippen LogP contribution in [-0.4, -0.2) is 22.6 Å². The zero-order valence-corrected chi connectivity index (χ0v) is 37.3. The van der Waals surface area contributed by atoms with Crippen molar-refractivity contribution >= 4 is 24.3 Å². The molecule has 0 N–H and O–H groups in total. The van der Waals surface area contributed by atoms with E-state index in [4.69, 9.17) is 4.98 Å². The van der Waals surface area contributed by atoms with Gasteiger partial charge >= 0.3 is 0 Å². The normalized spacial score (nSPS) is 12.7. The Morgan fingerprint density at radius 2 is 1.37 bits per heavy atom. The molecule has 1 radical (unpaired) electrons. The number of para-hydroxylation sites is 2. The summed E-state index contributed by atoms with van der Waals surface area (Å²) in [6, 6.07) is 58.0. The molecule has 9 rings (SSSR count). The molecule has 2 aromatic heterocycles. The van der Waals surface area contributed by atoms with Crippen molar-refractivity contribution in [1.29, 1.82) is 0 Å². The third-order valence-electron chi connectivity index (χ3n) is 11.0. The summed E-state index contributed by atoms with van der Waals surface area (Å²) in [7, 11) is -1.34.